The number of hydrogen-bond donors (Lipinski definition) is 2. The third-order valence-corrected chi connectivity index (χ3v) is 6.95. The van der Waals surface area contributed by atoms with Gasteiger partial charge >= 0.3 is 0 Å². The normalized spacial score (nSPS) is 23.8. The average molecular weight is 434 g/mol. The first kappa shape index (κ1) is 20.6. The predicted octanol–water partition coefficient (Wildman–Crippen LogP) is 1.49. The predicted molar refractivity (Wildman–Crippen MR) is 118 cm³/mol. The van der Waals surface area contributed by atoms with Crippen LogP contribution in [0.15, 0.2) is 30.3 Å². The van der Waals surface area contributed by atoms with Crippen LogP contribution < -0.4 is 15.5 Å². The molecule has 0 bridgehead atoms. The number of amides is 3. The second-order valence-electron chi connectivity index (χ2n) is 8.72. The number of hydrogen-bond acceptors (Lipinski definition) is 5. The Morgan fingerprint density at radius 1 is 1.22 bits per heavy atom. The highest BCUT2D eigenvalue weighted by molar-refractivity contribution is 5.99. The van der Waals surface area contributed by atoms with Gasteiger partial charge in [0, 0.05) is 54.3 Å². The fourth-order valence-electron chi connectivity index (χ4n) is 5.00. The van der Waals surface area contributed by atoms with Gasteiger partial charge in [-0.1, -0.05) is 19.1 Å². The second kappa shape index (κ2) is 8.02. The smallest absolute Gasteiger partial charge is 0.269 e. The monoisotopic (exact) mass is 434 g/mol. The lowest BCUT2D eigenvalue weighted by atomic mass is 9.90. The molecule has 2 aromatic rings. The molecule has 1 saturated heterocycles. The summed E-state index contributed by atoms with van der Waals surface area (Å²) < 4.78 is 5.40. The third kappa shape index (κ3) is 3.44. The van der Waals surface area contributed by atoms with Crippen molar-refractivity contribution in [2.24, 2.45) is 11.8 Å². The molecule has 8 heteroatoms. The van der Waals surface area contributed by atoms with Gasteiger partial charge in [-0.25, -0.2) is 4.98 Å². The zero-order valence-electron chi connectivity index (χ0n) is 18.1. The molecule has 1 aromatic heterocycles. The largest absolute Gasteiger partial charge is 0.381 e. The van der Waals surface area contributed by atoms with Crippen LogP contribution in [-0.4, -0.2) is 56.1 Å². The molecule has 2 fully saturated rings. The highest BCUT2D eigenvalue weighted by Crippen LogP contribution is 2.44. The average Bonchev–Trinajstić information content (AvgIpc) is 3.18. The summed E-state index contributed by atoms with van der Waals surface area (Å²) in [5.41, 5.74) is 4.35. The highest BCUT2D eigenvalue weighted by atomic mass is 16.5. The zero-order valence-corrected chi connectivity index (χ0v) is 18.1. The van der Waals surface area contributed by atoms with Crippen molar-refractivity contribution in [1.82, 2.24) is 15.6 Å². The van der Waals surface area contributed by atoms with Crippen LogP contribution in [-0.2, 0) is 16.0 Å². The summed E-state index contributed by atoms with van der Waals surface area (Å²) in [7, 11) is 1.54. The fourth-order valence-corrected chi connectivity index (χ4v) is 5.00. The van der Waals surface area contributed by atoms with Crippen molar-refractivity contribution in [1.29, 1.82) is 0 Å². The van der Waals surface area contributed by atoms with E-state index >= 15 is 0 Å². The summed E-state index contributed by atoms with van der Waals surface area (Å²) >= 11 is 0. The molecule has 5 rings (SSSR count). The molecule has 3 amide bonds. The number of pyridine rings is 1. The number of carbonyl (C=O) groups is 3. The maximum atomic E-state index is 13.0. The lowest BCUT2D eigenvalue weighted by Gasteiger charge is -2.18. The number of benzene rings is 1. The first-order chi connectivity index (χ1) is 15.5. The van der Waals surface area contributed by atoms with Gasteiger partial charge in [0.25, 0.3) is 11.8 Å². The minimum atomic E-state index is -0.338. The second-order valence-corrected chi connectivity index (χ2v) is 8.72. The number of rotatable bonds is 6. The lowest BCUT2D eigenvalue weighted by molar-refractivity contribution is -0.107. The summed E-state index contributed by atoms with van der Waals surface area (Å²) in [4.78, 5) is 43.1. The Hall–Kier alpha value is -3.26. The maximum absolute atomic E-state index is 13.0. The Labute approximate surface area is 186 Å². The summed E-state index contributed by atoms with van der Waals surface area (Å²) in [6.45, 7) is 4.04. The molecule has 166 valence electrons. The first-order valence-electron chi connectivity index (χ1n) is 11.0. The molecular weight excluding hydrogens is 408 g/mol. The summed E-state index contributed by atoms with van der Waals surface area (Å²) in [6.07, 6.45) is 1.62. The van der Waals surface area contributed by atoms with Crippen molar-refractivity contribution in [3.05, 3.63) is 58.4 Å². The van der Waals surface area contributed by atoms with E-state index in [9.17, 15) is 14.4 Å². The van der Waals surface area contributed by atoms with Crippen LogP contribution in [0.25, 0.3) is 0 Å². The molecule has 32 heavy (non-hydrogen) atoms. The van der Waals surface area contributed by atoms with Crippen molar-refractivity contribution < 1.29 is 19.1 Å². The quantitative estimate of drug-likeness (QED) is 0.671. The molecule has 1 aromatic carbocycles. The van der Waals surface area contributed by atoms with Crippen molar-refractivity contribution in [3.8, 4) is 0 Å². The Kier molecular flexibility index (Phi) is 5.17. The SMILES string of the molecule is CNC(=O)c1cc(C(=O)NC2[C@H]3COC[C@@H]23)cc(C(C)c2cccc3c2CCN3C=O)n1. The topological polar surface area (TPSA) is 101 Å². The number of nitrogens with one attached hydrogen (secondary N) is 2. The van der Waals surface area contributed by atoms with Crippen LogP contribution in [0.2, 0.25) is 0 Å². The van der Waals surface area contributed by atoms with Gasteiger partial charge in [0.1, 0.15) is 5.69 Å². The molecule has 1 aliphatic carbocycles. The molecule has 8 nitrogen and oxygen atoms in total. The van der Waals surface area contributed by atoms with Crippen molar-refractivity contribution in [3.63, 3.8) is 0 Å². The van der Waals surface area contributed by atoms with Gasteiger partial charge in [-0.2, -0.15) is 0 Å². The Morgan fingerprint density at radius 2 is 2.00 bits per heavy atom. The van der Waals surface area contributed by atoms with Crippen LogP contribution in [0.3, 0.4) is 0 Å². The molecular formula is C24H26N4O4. The van der Waals surface area contributed by atoms with E-state index in [2.05, 4.69) is 15.6 Å². The number of ether oxygens (including phenoxy) is 1. The molecule has 3 aliphatic rings. The molecule has 3 heterocycles. The van der Waals surface area contributed by atoms with Crippen molar-refractivity contribution >= 4 is 23.9 Å². The third-order valence-electron chi connectivity index (χ3n) is 6.95. The number of carbonyl (C=O) groups excluding carboxylic acids is 3. The van der Waals surface area contributed by atoms with E-state index in [1.54, 1.807) is 24.1 Å². The van der Waals surface area contributed by atoms with Gasteiger partial charge < -0.3 is 20.3 Å². The summed E-state index contributed by atoms with van der Waals surface area (Å²) in [5, 5.41) is 5.69. The van der Waals surface area contributed by atoms with E-state index in [1.165, 1.54) is 0 Å². The maximum Gasteiger partial charge on any atom is 0.269 e. The zero-order chi connectivity index (χ0) is 22.4. The minimum Gasteiger partial charge on any atom is -0.381 e. The summed E-state index contributed by atoms with van der Waals surface area (Å²) in [6, 6.07) is 9.35. The fraction of sp³-hybridized carbons (Fsp3) is 0.417. The first-order valence-corrected chi connectivity index (χ1v) is 11.0. The van der Waals surface area contributed by atoms with Gasteiger partial charge in [0.15, 0.2) is 0 Å². The number of nitrogens with zero attached hydrogens (tertiary/aromatic N) is 2. The van der Waals surface area contributed by atoms with Gasteiger partial charge in [0.2, 0.25) is 6.41 Å². The Balaban J connectivity index is 1.47. The van der Waals surface area contributed by atoms with Gasteiger partial charge in [0.05, 0.1) is 13.2 Å². The standard InChI is InChI=1S/C24H26N4O4/c1-13(15-4-3-5-21-16(15)6-7-28(21)12-29)19-8-14(9-20(26-19)24(31)25-2)23(30)27-22-17-10-32-11-18(17)22/h3-5,8-9,12-13,17-18,22H,6-7,10-11H2,1-2H3,(H,25,31)(H,27,30)/t13?,17-,18+,22?. The number of anilines is 1. The Morgan fingerprint density at radius 3 is 2.72 bits per heavy atom. The number of aromatic nitrogens is 1. The van der Waals surface area contributed by atoms with Crippen molar-refractivity contribution in [2.75, 3.05) is 31.7 Å². The van der Waals surface area contributed by atoms with Gasteiger partial charge in [-0.15, -0.1) is 0 Å². The lowest BCUT2D eigenvalue weighted by Crippen LogP contribution is -2.30. The molecule has 4 atom stereocenters. The van der Waals surface area contributed by atoms with Crippen LogP contribution in [0.4, 0.5) is 5.69 Å². The van der Waals surface area contributed by atoms with Gasteiger partial charge in [-0.3, -0.25) is 14.4 Å². The van der Waals surface area contributed by atoms with E-state index in [0.717, 1.165) is 29.6 Å². The van der Waals surface area contributed by atoms with Crippen molar-refractivity contribution in [2.45, 2.75) is 25.3 Å². The van der Waals surface area contributed by atoms with E-state index in [0.29, 0.717) is 42.9 Å². The minimum absolute atomic E-state index is 0.139. The van der Waals surface area contributed by atoms with Crippen LogP contribution in [0.5, 0.6) is 0 Å². The van der Waals surface area contributed by atoms with Crippen LogP contribution in [0, 0.1) is 11.8 Å². The molecule has 2 aliphatic heterocycles. The molecule has 0 spiro atoms. The molecule has 2 unspecified atom stereocenters. The van der Waals surface area contributed by atoms with Crippen LogP contribution >= 0.6 is 0 Å². The molecule has 1 saturated carbocycles. The van der Waals surface area contributed by atoms with E-state index in [4.69, 9.17) is 4.74 Å². The molecule has 2 N–H and O–H groups in total. The van der Waals surface area contributed by atoms with E-state index in [1.807, 2.05) is 25.1 Å². The number of fused-ring (bicyclic) bond motifs is 2. The van der Waals surface area contributed by atoms with E-state index < -0.39 is 0 Å². The van der Waals surface area contributed by atoms with Crippen LogP contribution in [0.1, 0.15) is 50.5 Å². The Bertz CT molecular complexity index is 1090. The molecule has 0 radical (unpaired) electrons. The highest BCUT2D eigenvalue weighted by Gasteiger charge is 2.54. The van der Waals surface area contributed by atoms with E-state index in [-0.39, 0.29) is 29.5 Å². The van der Waals surface area contributed by atoms with Gasteiger partial charge in [-0.05, 0) is 35.7 Å². The summed E-state index contributed by atoms with van der Waals surface area (Å²) in [5.74, 6) is 0.1000.